The van der Waals surface area contributed by atoms with Crippen molar-refractivity contribution in [1.29, 1.82) is 0 Å². The highest BCUT2D eigenvalue weighted by molar-refractivity contribution is 5.85. The average molecular weight is 242 g/mol. The van der Waals surface area contributed by atoms with Crippen molar-refractivity contribution < 1.29 is 4.74 Å². The molecule has 1 aliphatic rings. The lowest BCUT2D eigenvalue weighted by Crippen LogP contribution is -2.36. The van der Waals surface area contributed by atoms with E-state index >= 15 is 0 Å². The molecule has 0 aromatic carbocycles. The van der Waals surface area contributed by atoms with Crippen LogP contribution in [0.15, 0.2) is 12.3 Å². The fraction of sp³-hybridized carbons (Fsp3) is 0.545. The number of morpholine rings is 1. The second-order valence-corrected chi connectivity index (χ2v) is 3.53. The zero-order valence-electron chi connectivity index (χ0n) is 9.35. The fourth-order valence-electron chi connectivity index (χ4n) is 1.50. The molecule has 1 aromatic rings. The molecular weight excluding hydrogens is 226 g/mol. The van der Waals surface area contributed by atoms with Crippen molar-refractivity contribution in [3.05, 3.63) is 18.0 Å². The van der Waals surface area contributed by atoms with Crippen LogP contribution in [-0.2, 0) is 11.8 Å². The first-order valence-electron chi connectivity index (χ1n) is 5.13. The summed E-state index contributed by atoms with van der Waals surface area (Å²) in [4.78, 5) is 2.30. The zero-order valence-corrected chi connectivity index (χ0v) is 10.2. The number of hydrogen-bond donors (Lipinski definition) is 0. The first-order valence-corrected chi connectivity index (χ1v) is 5.13. The van der Waals surface area contributed by atoms with E-state index in [2.05, 4.69) is 21.8 Å². The fourth-order valence-corrected chi connectivity index (χ4v) is 1.50. The van der Waals surface area contributed by atoms with Crippen LogP contribution in [0.4, 0.5) is 0 Å². The van der Waals surface area contributed by atoms with Gasteiger partial charge in [0.05, 0.1) is 26.0 Å². The highest BCUT2D eigenvalue weighted by atomic mass is 35.5. The summed E-state index contributed by atoms with van der Waals surface area (Å²) in [7, 11) is 1.90. The summed E-state index contributed by atoms with van der Waals surface area (Å²) in [5, 5.41) is 4.06. The first kappa shape index (κ1) is 13.0. The van der Waals surface area contributed by atoms with Gasteiger partial charge >= 0.3 is 0 Å². The second-order valence-electron chi connectivity index (χ2n) is 3.53. The van der Waals surface area contributed by atoms with Crippen LogP contribution < -0.4 is 0 Å². The minimum absolute atomic E-state index is 0. The topological polar surface area (TPSA) is 30.3 Å². The molecular formula is C11H16ClN3O. The van der Waals surface area contributed by atoms with Crippen LogP contribution in [0.1, 0.15) is 5.69 Å². The Morgan fingerprint density at radius 2 is 2.19 bits per heavy atom. The molecule has 0 saturated carbocycles. The Bertz CT molecular complexity index is 374. The Labute approximate surface area is 102 Å². The molecule has 4 nitrogen and oxygen atoms in total. The molecule has 0 aliphatic carbocycles. The van der Waals surface area contributed by atoms with Crippen LogP contribution >= 0.6 is 12.4 Å². The molecule has 2 heterocycles. The molecule has 0 radical (unpaired) electrons. The smallest absolute Gasteiger partial charge is 0.110 e. The van der Waals surface area contributed by atoms with Crippen molar-refractivity contribution in [2.75, 3.05) is 32.8 Å². The number of halogens is 1. The van der Waals surface area contributed by atoms with Crippen molar-refractivity contribution in [2.24, 2.45) is 7.05 Å². The summed E-state index contributed by atoms with van der Waals surface area (Å²) in [6, 6.07) is 1.92. The normalized spacial score (nSPS) is 16.1. The van der Waals surface area contributed by atoms with E-state index in [-0.39, 0.29) is 12.4 Å². The number of hydrogen-bond acceptors (Lipinski definition) is 3. The third-order valence-electron chi connectivity index (χ3n) is 2.44. The highest BCUT2D eigenvalue weighted by Crippen LogP contribution is 1.96. The van der Waals surface area contributed by atoms with Crippen LogP contribution in [0.25, 0.3) is 0 Å². The third kappa shape index (κ3) is 3.53. The lowest BCUT2D eigenvalue weighted by atomic mass is 10.4. The van der Waals surface area contributed by atoms with Gasteiger partial charge in [-0.3, -0.25) is 9.58 Å². The second kappa shape index (κ2) is 6.54. The summed E-state index contributed by atoms with van der Waals surface area (Å²) >= 11 is 0. The summed E-state index contributed by atoms with van der Waals surface area (Å²) < 4.78 is 7.05. The van der Waals surface area contributed by atoms with Crippen molar-refractivity contribution in [3.63, 3.8) is 0 Å². The van der Waals surface area contributed by atoms with Gasteiger partial charge in [0.15, 0.2) is 0 Å². The third-order valence-corrected chi connectivity index (χ3v) is 2.44. The first-order chi connectivity index (χ1) is 7.36. The molecule has 88 valence electrons. The van der Waals surface area contributed by atoms with Crippen LogP contribution in [0.3, 0.4) is 0 Å². The molecule has 1 aliphatic heterocycles. The molecule has 0 atom stereocenters. The van der Waals surface area contributed by atoms with Crippen LogP contribution in [0, 0.1) is 11.8 Å². The zero-order chi connectivity index (χ0) is 10.5. The van der Waals surface area contributed by atoms with Gasteiger partial charge in [-0.05, 0) is 12.0 Å². The predicted molar refractivity (Wildman–Crippen MR) is 64.6 cm³/mol. The van der Waals surface area contributed by atoms with E-state index in [0.717, 1.165) is 38.5 Å². The number of nitrogens with zero attached hydrogens (tertiary/aromatic N) is 3. The highest BCUT2D eigenvalue weighted by Gasteiger charge is 2.07. The van der Waals surface area contributed by atoms with Gasteiger partial charge in [0.1, 0.15) is 5.69 Å². The molecule has 5 heteroatoms. The Hall–Kier alpha value is -1.02. The SMILES string of the molecule is Cl.Cn1nccc1C#CCN1CCOCC1. The molecule has 16 heavy (non-hydrogen) atoms. The van der Waals surface area contributed by atoms with E-state index in [1.54, 1.807) is 10.9 Å². The average Bonchev–Trinajstić information content (AvgIpc) is 2.66. The lowest BCUT2D eigenvalue weighted by molar-refractivity contribution is 0.0443. The molecule has 1 saturated heterocycles. The number of rotatable bonds is 1. The standard InChI is InChI=1S/C11H15N3O.ClH/c1-13-11(4-5-12-13)3-2-6-14-7-9-15-10-8-14;/h4-5H,6-10H2,1H3;1H. The molecule has 1 fully saturated rings. The van der Waals surface area contributed by atoms with Gasteiger partial charge in [-0.25, -0.2) is 0 Å². The maximum Gasteiger partial charge on any atom is 0.110 e. The van der Waals surface area contributed by atoms with Gasteiger partial charge in [-0.2, -0.15) is 5.10 Å². The van der Waals surface area contributed by atoms with Crippen molar-refractivity contribution in [3.8, 4) is 11.8 Å². The lowest BCUT2D eigenvalue weighted by Gasteiger charge is -2.24. The molecule has 0 unspecified atom stereocenters. The Morgan fingerprint density at radius 3 is 2.81 bits per heavy atom. The van der Waals surface area contributed by atoms with E-state index in [4.69, 9.17) is 4.74 Å². The van der Waals surface area contributed by atoms with Crippen molar-refractivity contribution in [2.45, 2.75) is 0 Å². The summed E-state index contributed by atoms with van der Waals surface area (Å²) in [6.07, 6.45) is 1.76. The minimum Gasteiger partial charge on any atom is -0.379 e. The monoisotopic (exact) mass is 241 g/mol. The number of ether oxygens (including phenoxy) is 1. The van der Waals surface area contributed by atoms with Gasteiger partial charge in [0.25, 0.3) is 0 Å². The maximum absolute atomic E-state index is 5.27. The van der Waals surface area contributed by atoms with Crippen LogP contribution in [0.5, 0.6) is 0 Å². The number of aryl methyl sites for hydroxylation is 1. The minimum atomic E-state index is 0. The van der Waals surface area contributed by atoms with E-state index < -0.39 is 0 Å². The summed E-state index contributed by atoms with van der Waals surface area (Å²) in [6.45, 7) is 4.44. The molecule has 1 aromatic heterocycles. The van der Waals surface area contributed by atoms with Gasteiger partial charge in [-0.15, -0.1) is 12.4 Å². The van der Waals surface area contributed by atoms with Crippen molar-refractivity contribution >= 4 is 12.4 Å². The Morgan fingerprint density at radius 1 is 1.44 bits per heavy atom. The number of aromatic nitrogens is 2. The molecule has 0 amide bonds. The largest absolute Gasteiger partial charge is 0.379 e. The summed E-state index contributed by atoms with van der Waals surface area (Å²) in [5.74, 6) is 6.27. The van der Waals surface area contributed by atoms with E-state index in [0.29, 0.717) is 0 Å². The van der Waals surface area contributed by atoms with E-state index in [1.165, 1.54) is 0 Å². The van der Waals surface area contributed by atoms with Gasteiger partial charge in [-0.1, -0.05) is 5.92 Å². The van der Waals surface area contributed by atoms with Crippen LogP contribution in [-0.4, -0.2) is 47.5 Å². The van der Waals surface area contributed by atoms with E-state index in [9.17, 15) is 0 Å². The Balaban J connectivity index is 0.00000128. The van der Waals surface area contributed by atoms with Crippen LogP contribution in [0.2, 0.25) is 0 Å². The predicted octanol–water partition coefficient (Wildman–Crippen LogP) is 0.526. The van der Waals surface area contributed by atoms with Gasteiger partial charge in [0.2, 0.25) is 0 Å². The van der Waals surface area contributed by atoms with E-state index in [1.807, 2.05) is 13.1 Å². The molecule has 2 rings (SSSR count). The Kier molecular flexibility index (Phi) is 5.33. The van der Waals surface area contributed by atoms with Gasteiger partial charge < -0.3 is 4.74 Å². The van der Waals surface area contributed by atoms with Crippen molar-refractivity contribution in [1.82, 2.24) is 14.7 Å². The molecule has 0 N–H and O–H groups in total. The van der Waals surface area contributed by atoms with Gasteiger partial charge in [0, 0.05) is 20.1 Å². The molecule has 0 bridgehead atoms. The summed E-state index contributed by atoms with van der Waals surface area (Å²) in [5.41, 5.74) is 0.961. The quantitative estimate of drug-likeness (QED) is 0.672. The molecule has 0 spiro atoms. The maximum atomic E-state index is 5.27.